The van der Waals surface area contributed by atoms with Crippen LogP contribution in [0.25, 0.3) is 0 Å². The zero-order chi connectivity index (χ0) is 8.53. The summed E-state index contributed by atoms with van der Waals surface area (Å²) >= 11 is 0. The molecule has 0 bridgehead atoms. The Morgan fingerprint density at radius 3 is 2.64 bits per heavy atom. The summed E-state index contributed by atoms with van der Waals surface area (Å²) < 4.78 is 0. The van der Waals surface area contributed by atoms with Crippen LogP contribution in [0.2, 0.25) is 0 Å². The lowest BCUT2D eigenvalue weighted by atomic mass is 10.2. The maximum Gasteiger partial charge on any atom is 0.0357 e. The molecular weight excluding hydrogens is 136 g/mol. The van der Waals surface area contributed by atoms with Gasteiger partial charge in [0.1, 0.15) is 0 Å². The van der Waals surface area contributed by atoms with Gasteiger partial charge in [0.25, 0.3) is 0 Å². The predicted molar refractivity (Wildman–Crippen MR) is 51.0 cm³/mol. The Hall–Kier alpha value is -0.890. The standard InChI is InChI=1S/C9H16N2/c1-3-4-5-6-9(11-2)7-8-10/h3-6H,7-8,10H2,1-2H3/b4-3+,6-5-,11-9+. The molecule has 11 heavy (non-hydrogen) atoms. The SMILES string of the molecule is C/C=C/C=C\C(CCN)=N/C. The van der Waals surface area contributed by atoms with Gasteiger partial charge in [0.05, 0.1) is 0 Å². The highest BCUT2D eigenvalue weighted by molar-refractivity contribution is 5.95. The molecule has 0 aliphatic rings. The van der Waals surface area contributed by atoms with Crippen molar-refractivity contribution >= 4 is 5.71 Å². The Kier molecular flexibility index (Phi) is 6.64. The van der Waals surface area contributed by atoms with Crippen LogP contribution in [-0.4, -0.2) is 19.3 Å². The summed E-state index contributed by atoms with van der Waals surface area (Å²) in [5.41, 5.74) is 6.42. The van der Waals surface area contributed by atoms with E-state index in [0.717, 1.165) is 12.1 Å². The second-order valence-electron chi connectivity index (χ2n) is 2.14. The van der Waals surface area contributed by atoms with Crippen molar-refractivity contribution in [1.82, 2.24) is 0 Å². The average molecular weight is 152 g/mol. The molecule has 0 aromatic rings. The van der Waals surface area contributed by atoms with Crippen LogP contribution in [-0.2, 0) is 0 Å². The van der Waals surface area contributed by atoms with Gasteiger partial charge in [-0.25, -0.2) is 0 Å². The van der Waals surface area contributed by atoms with Crippen molar-refractivity contribution in [3.05, 3.63) is 24.3 Å². The molecule has 2 N–H and O–H groups in total. The van der Waals surface area contributed by atoms with Crippen LogP contribution in [0.1, 0.15) is 13.3 Å². The fraction of sp³-hybridized carbons (Fsp3) is 0.444. The minimum Gasteiger partial charge on any atom is -0.330 e. The highest BCUT2D eigenvalue weighted by Gasteiger charge is 1.87. The molecule has 0 unspecified atom stereocenters. The van der Waals surface area contributed by atoms with E-state index in [4.69, 9.17) is 5.73 Å². The van der Waals surface area contributed by atoms with Gasteiger partial charge in [0, 0.05) is 19.2 Å². The average Bonchev–Trinajstić information content (AvgIpc) is 2.03. The van der Waals surface area contributed by atoms with Gasteiger partial charge in [0.15, 0.2) is 0 Å². The van der Waals surface area contributed by atoms with Gasteiger partial charge in [-0.05, 0) is 19.5 Å². The number of nitrogens with two attached hydrogens (primary N) is 1. The third-order valence-electron chi connectivity index (χ3n) is 1.28. The number of allylic oxidation sites excluding steroid dienone is 4. The Balaban J connectivity index is 3.88. The molecule has 0 radical (unpaired) electrons. The van der Waals surface area contributed by atoms with E-state index in [2.05, 4.69) is 4.99 Å². The second-order valence-corrected chi connectivity index (χ2v) is 2.14. The maximum atomic E-state index is 5.38. The molecule has 0 aromatic heterocycles. The molecule has 0 atom stereocenters. The Labute approximate surface area is 68.5 Å². The third-order valence-corrected chi connectivity index (χ3v) is 1.28. The fourth-order valence-electron chi connectivity index (χ4n) is 0.695. The first kappa shape index (κ1) is 10.1. The van der Waals surface area contributed by atoms with E-state index in [1.54, 1.807) is 7.05 Å². The quantitative estimate of drug-likeness (QED) is 0.481. The molecule has 0 saturated carbocycles. The predicted octanol–water partition coefficient (Wildman–Crippen LogP) is 1.54. The molecule has 0 aromatic carbocycles. The normalized spacial score (nSPS) is 13.5. The summed E-state index contributed by atoms with van der Waals surface area (Å²) in [6, 6.07) is 0. The van der Waals surface area contributed by atoms with E-state index in [-0.39, 0.29) is 0 Å². The van der Waals surface area contributed by atoms with E-state index in [9.17, 15) is 0 Å². The highest BCUT2D eigenvalue weighted by Crippen LogP contribution is 1.87. The summed E-state index contributed by atoms with van der Waals surface area (Å²) in [5, 5.41) is 0. The highest BCUT2D eigenvalue weighted by atomic mass is 14.7. The van der Waals surface area contributed by atoms with Crippen LogP contribution in [0.4, 0.5) is 0 Å². The van der Waals surface area contributed by atoms with Crippen molar-refractivity contribution in [3.63, 3.8) is 0 Å². The summed E-state index contributed by atoms with van der Waals surface area (Å²) in [7, 11) is 1.78. The van der Waals surface area contributed by atoms with Crippen LogP contribution in [0.15, 0.2) is 29.3 Å². The van der Waals surface area contributed by atoms with Gasteiger partial charge in [-0.2, -0.15) is 0 Å². The van der Waals surface area contributed by atoms with E-state index < -0.39 is 0 Å². The number of hydrogen-bond donors (Lipinski definition) is 1. The molecule has 0 heterocycles. The largest absolute Gasteiger partial charge is 0.330 e. The lowest BCUT2D eigenvalue weighted by Gasteiger charge is -1.93. The maximum absolute atomic E-state index is 5.38. The molecule has 0 spiro atoms. The van der Waals surface area contributed by atoms with Gasteiger partial charge in [0.2, 0.25) is 0 Å². The third kappa shape index (κ3) is 5.55. The van der Waals surface area contributed by atoms with Gasteiger partial charge < -0.3 is 5.73 Å². The first-order valence-electron chi connectivity index (χ1n) is 3.80. The Bertz CT molecular complexity index is 166. The van der Waals surface area contributed by atoms with Crippen molar-refractivity contribution < 1.29 is 0 Å². The molecule has 0 aliphatic heterocycles. The van der Waals surface area contributed by atoms with Gasteiger partial charge in [-0.1, -0.05) is 18.2 Å². The molecule has 0 saturated heterocycles. The monoisotopic (exact) mass is 152 g/mol. The van der Waals surface area contributed by atoms with Crippen LogP contribution in [0.3, 0.4) is 0 Å². The fourth-order valence-corrected chi connectivity index (χ4v) is 0.695. The second kappa shape index (κ2) is 7.22. The van der Waals surface area contributed by atoms with E-state index >= 15 is 0 Å². The summed E-state index contributed by atoms with van der Waals surface area (Å²) in [5.74, 6) is 0. The number of aliphatic imine (C=N–C) groups is 1. The van der Waals surface area contributed by atoms with Crippen LogP contribution in [0, 0.1) is 0 Å². The van der Waals surface area contributed by atoms with E-state index in [1.807, 2.05) is 31.2 Å². The first-order chi connectivity index (χ1) is 5.35. The van der Waals surface area contributed by atoms with Crippen LogP contribution < -0.4 is 5.73 Å². The van der Waals surface area contributed by atoms with E-state index in [1.165, 1.54) is 0 Å². The smallest absolute Gasteiger partial charge is 0.0357 e. The lowest BCUT2D eigenvalue weighted by Crippen LogP contribution is -2.05. The zero-order valence-corrected chi connectivity index (χ0v) is 7.25. The molecule has 62 valence electrons. The van der Waals surface area contributed by atoms with Crippen LogP contribution >= 0.6 is 0 Å². The topological polar surface area (TPSA) is 38.4 Å². The molecule has 2 nitrogen and oxygen atoms in total. The Morgan fingerprint density at radius 2 is 2.18 bits per heavy atom. The zero-order valence-electron chi connectivity index (χ0n) is 7.25. The van der Waals surface area contributed by atoms with Crippen molar-refractivity contribution in [1.29, 1.82) is 0 Å². The van der Waals surface area contributed by atoms with Gasteiger partial charge in [-0.3, -0.25) is 4.99 Å². The van der Waals surface area contributed by atoms with Crippen molar-refractivity contribution in [3.8, 4) is 0 Å². The number of hydrogen-bond acceptors (Lipinski definition) is 2. The summed E-state index contributed by atoms with van der Waals surface area (Å²) in [6.07, 6.45) is 8.75. The van der Waals surface area contributed by atoms with E-state index in [0.29, 0.717) is 6.54 Å². The lowest BCUT2D eigenvalue weighted by molar-refractivity contribution is 1.04. The Morgan fingerprint density at radius 1 is 1.45 bits per heavy atom. The van der Waals surface area contributed by atoms with Crippen molar-refractivity contribution in [2.24, 2.45) is 10.7 Å². The van der Waals surface area contributed by atoms with Crippen LogP contribution in [0.5, 0.6) is 0 Å². The van der Waals surface area contributed by atoms with Crippen molar-refractivity contribution in [2.45, 2.75) is 13.3 Å². The molecular formula is C9H16N2. The van der Waals surface area contributed by atoms with Gasteiger partial charge in [-0.15, -0.1) is 0 Å². The van der Waals surface area contributed by atoms with Crippen molar-refractivity contribution in [2.75, 3.05) is 13.6 Å². The number of nitrogens with zero attached hydrogens (tertiary/aromatic N) is 1. The molecule has 0 aliphatic carbocycles. The molecule has 0 fully saturated rings. The van der Waals surface area contributed by atoms with Gasteiger partial charge >= 0.3 is 0 Å². The first-order valence-corrected chi connectivity index (χ1v) is 3.80. The summed E-state index contributed by atoms with van der Waals surface area (Å²) in [4.78, 5) is 4.07. The molecule has 0 amide bonds. The molecule has 0 rings (SSSR count). The minimum absolute atomic E-state index is 0.660. The summed E-state index contributed by atoms with van der Waals surface area (Å²) in [6.45, 7) is 2.64. The number of rotatable bonds is 4. The molecule has 2 heteroatoms. The minimum atomic E-state index is 0.660.